The third-order valence-electron chi connectivity index (χ3n) is 5.26. The van der Waals surface area contributed by atoms with E-state index in [2.05, 4.69) is 26.1 Å². The van der Waals surface area contributed by atoms with E-state index in [0.29, 0.717) is 17.4 Å². The van der Waals surface area contributed by atoms with Gasteiger partial charge in [0.05, 0.1) is 6.61 Å². The minimum Gasteiger partial charge on any atom is -0.457 e. The van der Waals surface area contributed by atoms with Crippen LogP contribution in [0.4, 0.5) is 4.79 Å². The largest absolute Gasteiger partial charge is 0.513 e. The summed E-state index contributed by atoms with van der Waals surface area (Å²) in [4.78, 5) is 36.9. The first-order valence-corrected chi connectivity index (χ1v) is 10.4. The Kier molecular flexibility index (Phi) is 8.89. The molecule has 2 rings (SSSR count). The molecule has 0 radical (unpaired) electrons. The van der Waals surface area contributed by atoms with E-state index in [-0.39, 0.29) is 24.3 Å². The second kappa shape index (κ2) is 11.4. The van der Waals surface area contributed by atoms with Crippen LogP contribution < -0.4 is 5.32 Å². The molecule has 1 aromatic rings. The molecule has 1 amide bonds. The predicted molar refractivity (Wildman–Crippen MR) is 111 cm³/mol. The van der Waals surface area contributed by atoms with Crippen molar-refractivity contribution in [2.75, 3.05) is 6.61 Å². The van der Waals surface area contributed by atoms with Gasteiger partial charge in [0.1, 0.15) is 12.4 Å². The molecule has 0 aliphatic heterocycles. The number of rotatable bonds is 7. The van der Waals surface area contributed by atoms with Crippen molar-refractivity contribution in [3.63, 3.8) is 0 Å². The molecular formula is C23H31NO6. The Bertz CT molecular complexity index is 758. The number of ether oxygens (including phenoxy) is 3. The number of carbonyl (C=O) groups excluding carboxylic acids is 3. The maximum Gasteiger partial charge on any atom is 0.513 e. The lowest BCUT2D eigenvalue weighted by molar-refractivity contribution is -0.151. The highest BCUT2D eigenvalue weighted by Crippen LogP contribution is 2.35. The van der Waals surface area contributed by atoms with Crippen molar-refractivity contribution in [1.29, 1.82) is 0 Å². The number of nitrogens with one attached hydrogen (secondary N) is 1. The molecule has 1 aliphatic carbocycles. The lowest BCUT2D eigenvalue weighted by Gasteiger charge is -2.36. The van der Waals surface area contributed by atoms with Crippen molar-refractivity contribution in [2.24, 2.45) is 17.8 Å². The summed E-state index contributed by atoms with van der Waals surface area (Å²) in [6, 6.07) is 8.43. The van der Waals surface area contributed by atoms with E-state index in [0.717, 1.165) is 25.5 Å². The number of hydrogen-bond acceptors (Lipinski definition) is 6. The Morgan fingerprint density at radius 2 is 1.87 bits per heavy atom. The van der Waals surface area contributed by atoms with Crippen LogP contribution in [0, 0.1) is 17.8 Å². The van der Waals surface area contributed by atoms with Gasteiger partial charge in [0, 0.05) is 5.56 Å². The zero-order valence-electron chi connectivity index (χ0n) is 18.1. The minimum absolute atomic E-state index is 0.124. The number of hydrogen-bond donors (Lipinski definition) is 1. The maximum absolute atomic E-state index is 12.9. The van der Waals surface area contributed by atoms with Gasteiger partial charge in [-0.3, -0.25) is 4.79 Å². The van der Waals surface area contributed by atoms with Crippen LogP contribution in [0.3, 0.4) is 0 Å². The fourth-order valence-corrected chi connectivity index (χ4v) is 3.62. The van der Waals surface area contributed by atoms with Gasteiger partial charge in [-0.05, 0) is 49.7 Å². The molecule has 1 aromatic carbocycles. The summed E-state index contributed by atoms with van der Waals surface area (Å²) in [5.74, 6) is -0.212. The molecule has 1 N–H and O–H groups in total. The number of amides is 1. The van der Waals surface area contributed by atoms with E-state index in [1.807, 2.05) is 0 Å². The lowest BCUT2D eigenvalue weighted by atomic mass is 9.75. The van der Waals surface area contributed by atoms with Crippen molar-refractivity contribution in [3.8, 4) is 0 Å². The van der Waals surface area contributed by atoms with E-state index in [4.69, 9.17) is 14.2 Å². The number of carbonyl (C=O) groups is 3. The van der Waals surface area contributed by atoms with E-state index in [1.165, 1.54) is 0 Å². The van der Waals surface area contributed by atoms with Gasteiger partial charge in [0.15, 0.2) is 5.70 Å². The SMILES string of the molecule is CCOC(=O)O/C=C(\NC(=O)c1ccccc1)C(=O)O[C@@H]1C[C@H](C)CC[C@H]1C(C)C. The van der Waals surface area contributed by atoms with Crippen LogP contribution in [0.1, 0.15) is 57.3 Å². The molecule has 0 saturated heterocycles. The van der Waals surface area contributed by atoms with Crippen LogP contribution in [-0.2, 0) is 19.0 Å². The van der Waals surface area contributed by atoms with Gasteiger partial charge in [-0.15, -0.1) is 0 Å². The quantitative estimate of drug-likeness (QED) is 0.401. The van der Waals surface area contributed by atoms with Crippen LogP contribution in [0.2, 0.25) is 0 Å². The Balaban J connectivity index is 2.17. The first kappa shape index (κ1) is 23.4. The monoisotopic (exact) mass is 417 g/mol. The highest BCUT2D eigenvalue weighted by molar-refractivity contribution is 6.01. The van der Waals surface area contributed by atoms with Crippen LogP contribution in [0.5, 0.6) is 0 Å². The highest BCUT2D eigenvalue weighted by atomic mass is 16.7. The summed E-state index contributed by atoms with van der Waals surface area (Å²) in [7, 11) is 0. The van der Waals surface area contributed by atoms with Gasteiger partial charge < -0.3 is 19.5 Å². The predicted octanol–water partition coefficient (Wildman–Crippen LogP) is 4.43. The topological polar surface area (TPSA) is 90.9 Å². The molecule has 0 spiro atoms. The van der Waals surface area contributed by atoms with Crippen LogP contribution >= 0.6 is 0 Å². The summed E-state index contributed by atoms with van der Waals surface area (Å²) in [5, 5.41) is 2.49. The van der Waals surface area contributed by atoms with Crippen LogP contribution in [0.15, 0.2) is 42.3 Å². The van der Waals surface area contributed by atoms with Crippen molar-refractivity contribution in [1.82, 2.24) is 5.32 Å². The van der Waals surface area contributed by atoms with E-state index in [9.17, 15) is 14.4 Å². The smallest absolute Gasteiger partial charge is 0.457 e. The van der Waals surface area contributed by atoms with Crippen molar-refractivity contribution >= 4 is 18.0 Å². The van der Waals surface area contributed by atoms with Gasteiger partial charge in [0.25, 0.3) is 5.91 Å². The second-order valence-corrected chi connectivity index (χ2v) is 7.92. The van der Waals surface area contributed by atoms with Crippen molar-refractivity contribution < 1.29 is 28.6 Å². The second-order valence-electron chi connectivity index (χ2n) is 7.92. The third-order valence-corrected chi connectivity index (χ3v) is 5.26. The van der Waals surface area contributed by atoms with Gasteiger partial charge in [0.2, 0.25) is 0 Å². The summed E-state index contributed by atoms with van der Waals surface area (Å²) in [5.41, 5.74) is 0.108. The Morgan fingerprint density at radius 1 is 1.17 bits per heavy atom. The van der Waals surface area contributed by atoms with Gasteiger partial charge in [-0.1, -0.05) is 45.4 Å². The molecule has 0 bridgehead atoms. The zero-order valence-corrected chi connectivity index (χ0v) is 18.1. The molecule has 7 nitrogen and oxygen atoms in total. The summed E-state index contributed by atoms with van der Waals surface area (Å²) in [6.07, 6.45) is 2.47. The van der Waals surface area contributed by atoms with E-state index in [1.54, 1.807) is 37.3 Å². The van der Waals surface area contributed by atoms with E-state index >= 15 is 0 Å². The third kappa shape index (κ3) is 6.90. The Morgan fingerprint density at radius 3 is 2.50 bits per heavy atom. The van der Waals surface area contributed by atoms with Crippen molar-refractivity contribution in [2.45, 2.75) is 53.1 Å². The average molecular weight is 418 g/mol. The average Bonchev–Trinajstić information content (AvgIpc) is 2.71. The standard InChI is InChI=1S/C23H31NO6/c1-5-28-23(27)29-14-19(24-21(25)17-9-7-6-8-10-17)22(26)30-20-13-16(4)11-12-18(20)15(2)3/h6-10,14-16,18,20H,5,11-13H2,1-4H3,(H,24,25)/b19-14-/t16-,18+,20-/m1/s1. The normalized spacial score (nSPS) is 21.6. The Hall–Kier alpha value is -2.83. The molecule has 1 aliphatic rings. The fourth-order valence-electron chi connectivity index (χ4n) is 3.62. The number of benzene rings is 1. The van der Waals surface area contributed by atoms with Crippen molar-refractivity contribution in [3.05, 3.63) is 47.9 Å². The molecule has 30 heavy (non-hydrogen) atoms. The van der Waals surface area contributed by atoms with Gasteiger partial charge in [-0.2, -0.15) is 0 Å². The fraction of sp³-hybridized carbons (Fsp3) is 0.522. The molecule has 3 atom stereocenters. The summed E-state index contributed by atoms with van der Waals surface area (Å²) < 4.78 is 15.3. The molecule has 1 fully saturated rings. The zero-order chi connectivity index (χ0) is 22.1. The van der Waals surface area contributed by atoms with Crippen LogP contribution in [0.25, 0.3) is 0 Å². The molecule has 0 unspecified atom stereocenters. The minimum atomic E-state index is -0.969. The molecule has 0 aromatic heterocycles. The first-order valence-electron chi connectivity index (χ1n) is 10.4. The molecular weight excluding hydrogens is 386 g/mol. The summed E-state index contributed by atoms with van der Waals surface area (Å²) in [6.45, 7) is 8.11. The number of esters is 1. The molecule has 1 saturated carbocycles. The maximum atomic E-state index is 12.9. The molecule has 164 valence electrons. The first-order chi connectivity index (χ1) is 14.3. The molecule has 0 heterocycles. The van der Waals surface area contributed by atoms with Crippen LogP contribution in [-0.4, -0.2) is 30.7 Å². The summed E-state index contributed by atoms with van der Waals surface area (Å²) >= 11 is 0. The Labute approximate surface area is 177 Å². The van der Waals surface area contributed by atoms with Gasteiger partial charge in [-0.25, -0.2) is 9.59 Å². The lowest BCUT2D eigenvalue weighted by Crippen LogP contribution is -2.38. The van der Waals surface area contributed by atoms with Gasteiger partial charge >= 0.3 is 12.1 Å². The molecule has 7 heteroatoms. The van der Waals surface area contributed by atoms with E-state index < -0.39 is 18.0 Å². The highest BCUT2D eigenvalue weighted by Gasteiger charge is 2.34.